The van der Waals surface area contributed by atoms with Gasteiger partial charge in [0.05, 0.1) is 0 Å². The number of hydrogen-bond acceptors (Lipinski definition) is 2. The Morgan fingerprint density at radius 1 is 0.458 bits per heavy atom. The molecule has 0 aliphatic heterocycles. The maximum atomic E-state index is 9.33. The molecule has 0 aromatic heterocycles. The van der Waals surface area contributed by atoms with Gasteiger partial charge in [-0.05, 0) is 72.2 Å². The van der Waals surface area contributed by atoms with Crippen molar-refractivity contribution >= 4 is 0 Å². The van der Waals surface area contributed by atoms with Crippen LogP contribution in [0.3, 0.4) is 0 Å². The summed E-state index contributed by atoms with van der Waals surface area (Å²) in [7, 11) is 0. The lowest BCUT2D eigenvalue weighted by Gasteiger charge is -2.07. The van der Waals surface area contributed by atoms with Crippen molar-refractivity contribution in [3.8, 4) is 11.5 Å². The fourth-order valence-corrected chi connectivity index (χ4v) is 2.84. The van der Waals surface area contributed by atoms with Crippen LogP contribution in [0, 0.1) is 0 Å². The molecule has 0 amide bonds. The summed E-state index contributed by atoms with van der Waals surface area (Å²) in [5, 5.41) is 18.7. The molecule has 0 fully saturated rings. The van der Waals surface area contributed by atoms with Crippen LogP contribution in [0.2, 0.25) is 0 Å². The van der Waals surface area contributed by atoms with E-state index in [0.29, 0.717) is 11.5 Å². The summed E-state index contributed by atoms with van der Waals surface area (Å²) in [4.78, 5) is 0. The second-order valence-corrected chi connectivity index (χ2v) is 6.15. The normalized spacial score (nSPS) is 10.7. The first-order chi connectivity index (χ1) is 11.7. The number of benzene rings is 3. The Morgan fingerprint density at radius 3 is 1.25 bits per heavy atom. The number of rotatable bonds is 6. The molecule has 0 aliphatic carbocycles. The molecular weight excluding hydrogens is 296 g/mol. The van der Waals surface area contributed by atoms with E-state index in [1.54, 1.807) is 24.3 Å². The summed E-state index contributed by atoms with van der Waals surface area (Å²) >= 11 is 0. The third-order valence-electron chi connectivity index (χ3n) is 4.27. The molecule has 3 aromatic rings. The molecule has 0 radical (unpaired) electrons. The Labute approximate surface area is 143 Å². The average Bonchev–Trinajstić information content (AvgIpc) is 2.61. The van der Waals surface area contributed by atoms with Crippen LogP contribution in [0.5, 0.6) is 11.5 Å². The lowest BCUT2D eigenvalue weighted by molar-refractivity contribution is 0.474. The summed E-state index contributed by atoms with van der Waals surface area (Å²) in [5.41, 5.74) is 5.15. The highest BCUT2D eigenvalue weighted by Gasteiger charge is 2.00. The van der Waals surface area contributed by atoms with Crippen LogP contribution in [-0.4, -0.2) is 10.2 Å². The fraction of sp³-hybridized carbons (Fsp3) is 0.182. The third-order valence-corrected chi connectivity index (χ3v) is 4.27. The summed E-state index contributed by atoms with van der Waals surface area (Å²) < 4.78 is 0. The molecular formula is C22H22O2. The number of phenols is 2. The number of aromatic hydroxyl groups is 2. The van der Waals surface area contributed by atoms with E-state index in [1.165, 1.54) is 22.3 Å². The van der Waals surface area contributed by atoms with Crippen molar-refractivity contribution in [3.05, 3.63) is 95.1 Å². The summed E-state index contributed by atoms with van der Waals surface area (Å²) in [5.74, 6) is 0.630. The molecule has 0 atom stereocenters. The van der Waals surface area contributed by atoms with Crippen LogP contribution < -0.4 is 0 Å². The molecule has 0 bridgehead atoms. The highest BCUT2D eigenvalue weighted by Crippen LogP contribution is 2.15. The van der Waals surface area contributed by atoms with Gasteiger partial charge < -0.3 is 10.2 Å². The van der Waals surface area contributed by atoms with Gasteiger partial charge in [-0.2, -0.15) is 0 Å². The van der Waals surface area contributed by atoms with Gasteiger partial charge in [0.1, 0.15) is 11.5 Å². The molecule has 3 aromatic carbocycles. The van der Waals surface area contributed by atoms with Gasteiger partial charge in [-0.1, -0.05) is 48.5 Å². The average molecular weight is 318 g/mol. The first kappa shape index (κ1) is 16.1. The van der Waals surface area contributed by atoms with Crippen LogP contribution >= 0.6 is 0 Å². The zero-order valence-electron chi connectivity index (χ0n) is 13.7. The summed E-state index contributed by atoms with van der Waals surface area (Å²) in [6.07, 6.45) is 3.94. The lowest BCUT2D eigenvalue weighted by atomic mass is 9.99. The Morgan fingerprint density at radius 2 is 0.833 bits per heavy atom. The second kappa shape index (κ2) is 7.69. The number of hydrogen-bond donors (Lipinski definition) is 2. The van der Waals surface area contributed by atoms with Gasteiger partial charge in [0, 0.05) is 0 Å². The molecule has 0 spiro atoms. The van der Waals surface area contributed by atoms with Gasteiger partial charge in [0.2, 0.25) is 0 Å². The molecule has 122 valence electrons. The molecule has 0 heterocycles. The highest BCUT2D eigenvalue weighted by molar-refractivity contribution is 5.30. The van der Waals surface area contributed by atoms with Gasteiger partial charge in [0.15, 0.2) is 0 Å². The second-order valence-electron chi connectivity index (χ2n) is 6.15. The fourth-order valence-electron chi connectivity index (χ4n) is 2.84. The van der Waals surface area contributed by atoms with E-state index in [2.05, 4.69) is 24.3 Å². The van der Waals surface area contributed by atoms with Crippen LogP contribution in [0.25, 0.3) is 0 Å². The zero-order valence-corrected chi connectivity index (χ0v) is 13.7. The predicted octanol–water partition coefficient (Wildman–Crippen LogP) is 4.67. The van der Waals surface area contributed by atoms with E-state index in [9.17, 15) is 10.2 Å². The predicted molar refractivity (Wildman–Crippen MR) is 97.5 cm³/mol. The first-order valence-electron chi connectivity index (χ1n) is 8.33. The van der Waals surface area contributed by atoms with Crippen molar-refractivity contribution in [1.29, 1.82) is 0 Å². The van der Waals surface area contributed by atoms with Gasteiger partial charge in [-0.15, -0.1) is 0 Å². The Bertz CT molecular complexity index is 709. The monoisotopic (exact) mass is 318 g/mol. The van der Waals surface area contributed by atoms with Crippen LogP contribution in [0.4, 0.5) is 0 Å². The minimum Gasteiger partial charge on any atom is -0.508 e. The van der Waals surface area contributed by atoms with Crippen molar-refractivity contribution in [1.82, 2.24) is 0 Å². The molecule has 0 unspecified atom stereocenters. The molecule has 2 heteroatoms. The maximum absolute atomic E-state index is 9.33. The summed E-state index contributed by atoms with van der Waals surface area (Å²) in [6, 6.07) is 23.6. The lowest BCUT2D eigenvalue weighted by Crippen LogP contribution is -1.95. The topological polar surface area (TPSA) is 40.5 Å². The molecule has 24 heavy (non-hydrogen) atoms. The van der Waals surface area contributed by atoms with Crippen LogP contribution in [-0.2, 0) is 25.7 Å². The quantitative estimate of drug-likeness (QED) is 0.693. The molecule has 3 rings (SSSR count). The van der Waals surface area contributed by atoms with E-state index in [-0.39, 0.29) is 0 Å². The van der Waals surface area contributed by atoms with Gasteiger partial charge in [-0.25, -0.2) is 0 Å². The first-order valence-corrected chi connectivity index (χ1v) is 8.33. The Kier molecular flexibility index (Phi) is 5.17. The van der Waals surface area contributed by atoms with Crippen molar-refractivity contribution in [3.63, 3.8) is 0 Å². The summed E-state index contributed by atoms with van der Waals surface area (Å²) in [6.45, 7) is 0. The number of aryl methyl sites for hydroxylation is 4. The minimum absolute atomic E-state index is 0.315. The SMILES string of the molecule is Oc1ccc(CCc2cccc(CCc3ccc(O)cc3)c2)cc1. The van der Waals surface area contributed by atoms with E-state index in [4.69, 9.17) is 0 Å². The van der Waals surface area contributed by atoms with E-state index < -0.39 is 0 Å². The van der Waals surface area contributed by atoms with Crippen molar-refractivity contribution in [2.75, 3.05) is 0 Å². The van der Waals surface area contributed by atoms with Crippen molar-refractivity contribution in [2.45, 2.75) is 25.7 Å². The van der Waals surface area contributed by atoms with Crippen LogP contribution in [0.1, 0.15) is 22.3 Å². The zero-order chi connectivity index (χ0) is 16.8. The molecule has 0 aliphatic rings. The minimum atomic E-state index is 0.315. The van der Waals surface area contributed by atoms with Crippen molar-refractivity contribution in [2.24, 2.45) is 0 Å². The van der Waals surface area contributed by atoms with Gasteiger partial charge in [0.25, 0.3) is 0 Å². The number of phenolic OH excluding ortho intramolecular Hbond substituents is 2. The highest BCUT2D eigenvalue weighted by atomic mass is 16.3. The van der Waals surface area contributed by atoms with Crippen LogP contribution in [0.15, 0.2) is 72.8 Å². The Hall–Kier alpha value is -2.74. The standard InChI is InChI=1S/C22H22O2/c23-21-12-8-17(9-13-21)4-6-19-2-1-3-20(16-19)7-5-18-10-14-22(24)15-11-18/h1-3,8-16,23-24H,4-7H2. The van der Waals surface area contributed by atoms with E-state index in [0.717, 1.165) is 25.7 Å². The van der Waals surface area contributed by atoms with Crippen molar-refractivity contribution < 1.29 is 10.2 Å². The molecule has 0 saturated carbocycles. The van der Waals surface area contributed by atoms with E-state index in [1.807, 2.05) is 24.3 Å². The van der Waals surface area contributed by atoms with Gasteiger partial charge in [-0.3, -0.25) is 0 Å². The van der Waals surface area contributed by atoms with E-state index >= 15 is 0 Å². The van der Waals surface area contributed by atoms with Gasteiger partial charge >= 0.3 is 0 Å². The molecule has 2 N–H and O–H groups in total. The molecule has 0 saturated heterocycles. The maximum Gasteiger partial charge on any atom is 0.115 e. The third kappa shape index (κ3) is 4.63. The smallest absolute Gasteiger partial charge is 0.115 e. The molecule has 2 nitrogen and oxygen atoms in total. The largest absolute Gasteiger partial charge is 0.508 e. The Balaban J connectivity index is 1.57.